The van der Waals surface area contributed by atoms with Gasteiger partial charge in [-0.05, 0) is 29.8 Å². The molecule has 0 fully saturated rings. The summed E-state index contributed by atoms with van der Waals surface area (Å²) in [5, 5.41) is 21.1. The maximum absolute atomic E-state index is 10.7. The maximum atomic E-state index is 10.7. The van der Waals surface area contributed by atoms with Gasteiger partial charge in [-0.25, -0.2) is 0 Å². The molecule has 0 N–H and O–H groups in total. The van der Waals surface area contributed by atoms with Crippen molar-refractivity contribution in [1.82, 2.24) is 0 Å². The lowest BCUT2D eigenvalue weighted by atomic mass is 10.1. The van der Waals surface area contributed by atoms with E-state index in [9.17, 15) is 15.4 Å². The van der Waals surface area contributed by atoms with Crippen LogP contribution in [0.5, 0.6) is 0 Å². The number of non-ortho nitro benzene ring substituents is 1. The molecule has 0 amide bonds. The van der Waals surface area contributed by atoms with Crippen molar-refractivity contribution in [3.63, 3.8) is 0 Å². The fourth-order valence-electron chi connectivity index (χ4n) is 2.31. The summed E-state index contributed by atoms with van der Waals surface area (Å²) < 4.78 is 0. The van der Waals surface area contributed by atoms with Crippen LogP contribution in [0.3, 0.4) is 0 Å². The molecule has 1 heterocycles. The summed E-state index contributed by atoms with van der Waals surface area (Å²) in [5.41, 5.74) is 2.26. The van der Waals surface area contributed by atoms with Gasteiger partial charge in [0.1, 0.15) is 6.07 Å². The van der Waals surface area contributed by atoms with Gasteiger partial charge in [-0.1, -0.05) is 23.9 Å². The van der Waals surface area contributed by atoms with Crippen LogP contribution in [0.2, 0.25) is 0 Å². The molecule has 6 heteroatoms. The van der Waals surface area contributed by atoms with Gasteiger partial charge in [0.25, 0.3) is 5.69 Å². The number of fused-ring (bicyclic) bond motifs is 1. The highest BCUT2D eigenvalue weighted by Crippen LogP contribution is 2.47. The minimum absolute atomic E-state index is 0.0155. The van der Waals surface area contributed by atoms with Crippen LogP contribution in [0.25, 0.3) is 5.57 Å². The van der Waals surface area contributed by atoms with E-state index in [4.69, 9.17) is 0 Å². The number of nitriles is 1. The SMILES string of the molecule is CN1/C(=C(\C#N)c2ccc([N+](=O)[O-])cc2)Sc2ccccc21. The highest BCUT2D eigenvalue weighted by atomic mass is 32.2. The number of nitro groups is 1. The Morgan fingerprint density at radius 2 is 1.91 bits per heavy atom. The van der Waals surface area contributed by atoms with Crippen LogP contribution in [0.15, 0.2) is 58.5 Å². The second-order valence-electron chi connectivity index (χ2n) is 4.72. The Kier molecular flexibility index (Phi) is 3.57. The Morgan fingerprint density at radius 1 is 1.23 bits per heavy atom. The summed E-state index contributed by atoms with van der Waals surface area (Å²) >= 11 is 1.53. The molecule has 0 atom stereocenters. The Hall–Kier alpha value is -2.78. The molecule has 3 rings (SSSR count). The fraction of sp³-hybridized carbons (Fsp3) is 0.0625. The van der Waals surface area contributed by atoms with E-state index in [1.165, 1.54) is 23.9 Å². The van der Waals surface area contributed by atoms with Crippen LogP contribution in [0.4, 0.5) is 11.4 Å². The number of allylic oxidation sites excluding steroid dienone is 1. The van der Waals surface area contributed by atoms with Crippen molar-refractivity contribution < 1.29 is 4.92 Å². The molecule has 1 aliphatic heterocycles. The summed E-state index contributed by atoms with van der Waals surface area (Å²) in [6.07, 6.45) is 0. The molecule has 0 saturated heterocycles. The molecule has 0 radical (unpaired) electrons. The zero-order valence-electron chi connectivity index (χ0n) is 11.7. The number of hydrogen-bond donors (Lipinski definition) is 0. The van der Waals surface area contributed by atoms with Crippen molar-refractivity contribution in [3.05, 3.63) is 69.2 Å². The molecule has 5 nitrogen and oxygen atoms in total. The monoisotopic (exact) mass is 309 g/mol. The first kappa shape index (κ1) is 14.2. The summed E-state index contributed by atoms with van der Waals surface area (Å²) in [7, 11) is 1.91. The third-order valence-corrected chi connectivity index (χ3v) is 4.67. The lowest BCUT2D eigenvalue weighted by molar-refractivity contribution is -0.384. The predicted octanol–water partition coefficient (Wildman–Crippen LogP) is 4.03. The maximum Gasteiger partial charge on any atom is 0.269 e. The van der Waals surface area contributed by atoms with Crippen LogP contribution in [0.1, 0.15) is 5.56 Å². The molecule has 1 aliphatic rings. The van der Waals surface area contributed by atoms with Crippen LogP contribution >= 0.6 is 11.8 Å². The van der Waals surface area contributed by atoms with E-state index >= 15 is 0 Å². The molecule has 0 saturated carbocycles. The number of benzene rings is 2. The summed E-state index contributed by atoms with van der Waals surface area (Å²) in [6.45, 7) is 0. The van der Waals surface area contributed by atoms with Gasteiger partial charge in [0.2, 0.25) is 0 Å². The first-order valence-electron chi connectivity index (χ1n) is 6.51. The molecule has 108 valence electrons. The van der Waals surface area contributed by atoms with Gasteiger partial charge in [0.15, 0.2) is 0 Å². The average Bonchev–Trinajstić information content (AvgIpc) is 2.86. The largest absolute Gasteiger partial charge is 0.337 e. The molecule has 22 heavy (non-hydrogen) atoms. The third kappa shape index (κ3) is 2.32. The van der Waals surface area contributed by atoms with Gasteiger partial charge in [-0.2, -0.15) is 5.26 Å². The van der Waals surface area contributed by atoms with Gasteiger partial charge in [-0.15, -0.1) is 0 Å². The topological polar surface area (TPSA) is 70.2 Å². The number of anilines is 1. The van der Waals surface area contributed by atoms with E-state index in [1.807, 2.05) is 36.2 Å². The number of hydrogen-bond acceptors (Lipinski definition) is 5. The van der Waals surface area contributed by atoms with E-state index < -0.39 is 4.92 Å². The standard InChI is InChI=1S/C16H11N3O2S/c1-18-14-4-2-3-5-15(14)22-16(18)13(10-17)11-6-8-12(9-7-11)19(20)21/h2-9H,1H3/b16-13-. The second-order valence-corrected chi connectivity index (χ2v) is 5.76. The zero-order valence-corrected chi connectivity index (χ0v) is 12.5. The lowest BCUT2D eigenvalue weighted by Gasteiger charge is -2.15. The van der Waals surface area contributed by atoms with Gasteiger partial charge in [0.05, 0.1) is 21.2 Å². The molecule has 2 aromatic rings. The zero-order chi connectivity index (χ0) is 15.7. The number of rotatable bonds is 2. The Labute approximate surface area is 131 Å². The van der Waals surface area contributed by atoms with Gasteiger partial charge < -0.3 is 4.90 Å². The van der Waals surface area contributed by atoms with Gasteiger partial charge >= 0.3 is 0 Å². The highest BCUT2D eigenvalue weighted by Gasteiger charge is 2.25. The van der Waals surface area contributed by atoms with Crippen LogP contribution in [-0.4, -0.2) is 12.0 Å². The van der Waals surface area contributed by atoms with Crippen LogP contribution < -0.4 is 4.90 Å². The summed E-state index contributed by atoms with van der Waals surface area (Å²) in [4.78, 5) is 13.3. The van der Waals surface area contributed by atoms with Crippen molar-refractivity contribution in [2.24, 2.45) is 0 Å². The van der Waals surface area contributed by atoms with E-state index in [2.05, 4.69) is 6.07 Å². The minimum atomic E-state index is -0.449. The average molecular weight is 309 g/mol. The Balaban J connectivity index is 2.05. The van der Waals surface area contributed by atoms with E-state index in [1.54, 1.807) is 12.1 Å². The molecular weight excluding hydrogens is 298 g/mol. The predicted molar refractivity (Wildman–Crippen MR) is 86.3 cm³/mol. The number of para-hydroxylation sites is 1. The quantitative estimate of drug-likeness (QED) is 0.476. The van der Waals surface area contributed by atoms with Crippen molar-refractivity contribution in [2.75, 3.05) is 11.9 Å². The third-order valence-electron chi connectivity index (χ3n) is 3.43. The number of nitro benzene ring substituents is 1. The van der Waals surface area contributed by atoms with Crippen molar-refractivity contribution in [3.8, 4) is 6.07 Å². The van der Waals surface area contributed by atoms with Crippen molar-refractivity contribution in [1.29, 1.82) is 5.26 Å². The molecular formula is C16H11N3O2S. The van der Waals surface area contributed by atoms with Gasteiger partial charge in [-0.3, -0.25) is 10.1 Å². The first-order chi connectivity index (χ1) is 10.6. The van der Waals surface area contributed by atoms with Crippen LogP contribution in [-0.2, 0) is 0 Å². The summed E-state index contributed by atoms with van der Waals surface area (Å²) in [6, 6.07) is 16.2. The molecule has 0 bridgehead atoms. The molecule has 0 spiro atoms. The van der Waals surface area contributed by atoms with E-state index in [0.717, 1.165) is 15.6 Å². The molecule has 0 unspecified atom stereocenters. The second kappa shape index (κ2) is 5.54. The fourth-order valence-corrected chi connectivity index (χ4v) is 3.47. The molecule has 0 aromatic heterocycles. The van der Waals surface area contributed by atoms with E-state index in [-0.39, 0.29) is 5.69 Å². The number of thioether (sulfide) groups is 1. The minimum Gasteiger partial charge on any atom is -0.337 e. The van der Waals surface area contributed by atoms with Crippen molar-refractivity contribution in [2.45, 2.75) is 4.90 Å². The Morgan fingerprint density at radius 3 is 2.50 bits per heavy atom. The normalized spacial score (nSPS) is 15.2. The number of nitrogens with zero attached hydrogens (tertiary/aromatic N) is 3. The lowest BCUT2D eigenvalue weighted by Crippen LogP contribution is -2.11. The molecule has 0 aliphatic carbocycles. The smallest absolute Gasteiger partial charge is 0.269 e. The summed E-state index contributed by atoms with van der Waals surface area (Å²) in [5.74, 6) is 0. The highest BCUT2D eigenvalue weighted by molar-refractivity contribution is 8.04. The Bertz CT molecular complexity index is 822. The van der Waals surface area contributed by atoms with Crippen LogP contribution in [0, 0.1) is 21.4 Å². The van der Waals surface area contributed by atoms with Crippen molar-refractivity contribution >= 4 is 28.7 Å². The van der Waals surface area contributed by atoms with Gasteiger partial charge in [0, 0.05) is 24.1 Å². The van der Waals surface area contributed by atoms with E-state index in [0.29, 0.717) is 11.1 Å². The molecule has 2 aromatic carbocycles. The first-order valence-corrected chi connectivity index (χ1v) is 7.33.